The molecule has 0 aliphatic rings. The molecule has 0 saturated carbocycles. The lowest BCUT2D eigenvalue weighted by atomic mass is 9.91. The summed E-state index contributed by atoms with van der Waals surface area (Å²) >= 11 is 1.88. The van der Waals surface area contributed by atoms with Gasteiger partial charge in [0.05, 0.1) is 5.52 Å². The van der Waals surface area contributed by atoms with Gasteiger partial charge < -0.3 is 8.98 Å². The van der Waals surface area contributed by atoms with Crippen molar-refractivity contribution in [2.75, 3.05) is 0 Å². The molecule has 3 aromatic heterocycles. The summed E-state index contributed by atoms with van der Waals surface area (Å²) in [5.74, 6) is 0. The van der Waals surface area contributed by atoms with Crippen molar-refractivity contribution < 1.29 is 4.42 Å². The Balaban J connectivity index is 1.33. The van der Waals surface area contributed by atoms with Crippen LogP contribution < -0.4 is 0 Å². The number of furan rings is 1. The quantitative estimate of drug-likeness (QED) is 0.191. The molecule has 0 aliphatic carbocycles. The molecule has 0 atom stereocenters. The zero-order valence-corrected chi connectivity index (χ0v) is 23.9. The van der Waals surface area contributed by atoms with Gasteiger partial charge in [0.1, 0.15) is 11.2 Å². The van der Waals surface area contributed by atoms with E-state index in [-0.39, 0.29) is 0 Å². The predicted octanol–water partition coefficient (Wildman–Crippen LogP) is 11.9. The molecule has 0 saturated heterocycles. The van der Waals surface area contributed by atoms with Gasteiger partial charge in [-0.15, -0.1) is 11.3 Å². The first kappa shape index (κ1) is 23.2. The molecule has 0 fully saturated rings. The van der Waals surface area contributed by atoms with Crippen molar-refractivity contribution in [1.82, 2.24) is 4.57 Å². The van der Waals surface area contributed by atoms with E-state index in [1.54, 1.807) is 0 Å². The number of aromatic nitrogens is 1. The van der Waals surface area contributed by atoms with E-state index in [9.17, 15) is 0 Å². The van der Waals surface area contributed by atoms with Gasteiger partial charge in [0, 0.05) is 48.2 Å². The van der Waals surface area contributed by atoms with E-state index in [0.29, 0.717) is 0 Å². The molecule has 200 valence electrons. The molecule has 10 aromatic rings. The van der Waals surface area contributed by atoms with Crippen molar-refractivity contribution in [2.45, 2.75) is 0 Å². The van der Waals surface area contributed by atoms with E-state index in [1.807, 2.05) is 23.5 Å². The van der Waals surface area contributed by atoms with Crippen LogP contribution in [0.25, 0.3) is 91.4 Å². The lowest BCUT2D eigenvalue weighted by Gasteiger charge is -2.13. The van der Waals surface area contributed by atoms with Gasteiger partial charge in [-0.3, -0.25) is 0 Å². The molecular formula is C40H23NOS. The lowest BCUT2D eigenvalue weighted by molar-refractivity contribution is 0.669. The van der Waals surface area contributed by atoms with Gasteiger partial charge in [-0.25, -0.2) is 0 Å². The Morgan fingerprint density at radius 1 is 0.465 bits per heavy atom. The van der Waals surface area contributed by atoms with Crippen LogP contribution in [0.3, 0.4) is 0 Å². The fourth-order valence-corrected chi connectivity index (χ4v) is 8.07. The average molecular weight is 566 g/mol. The van der Waals surface area contributed by atoms with Gasteiger partial charge in [0.15, 0.2) is 0 Å². The van der Waals surface area contributed by atoms with Crippen LogP contribution in [-0.2, 0) is 0 Å². The predicted molar refractivity (Wildman–Crippen MR) is 184 cm³/mol. The van der Waals surface area contributed by atoms with Gasteiger partial charge in [-0.2, -0.15) is 0 Å². The number of benzene rings is 7. The minimum atomic E-state index is 0.920. The maximum atomic E-state index is 6.19. The summed E-state index contributed by atoms with van der Waals surface area (Å²) in [5, 5.41) is 11.3. The van der Waals surface area contributed by atoms with Gasteiger partial charge in [-0.1, -0.05) is 60.7 Å². The SMILES string of the molecule is c1ccc(-n2ccc3cc4c(cc(-c5ccc6oc7ccccc7c6c5)c5cc6c(cc54)sc4ccccc46)cc32)cc1. The molecule has 0 N–H and O–H groups in total. The highest BCUT2D eigenvalue weighted by Crippen LogP contribution is 2.44. The molecule has 0 amide bonds. The second-order valence-electron chi connectivity index (χ2n) is 11.4. The molecule has 0 radical (unpaired) electrons. The second-order valence-corrected chi connectivity index (χ2v) is 12.5. The monoisotopic (exact) mass is 565 g/mol. The molecule has 10 rings (SSSR count). The Hall–Kier alpha value is -5.38. The van der Waals surface area contributed by atoms with E-state index in [1.165, 1.54) is 69.4 Å². The second kappa shape index (κ2) is 8.57. The van der Waals surface area contributed by atoms with Crippen LogP contribution >= 0.6 is 11.3 Å². The van der Waals surface area contributed by atoms with Crippen LogP contribution in [0.1, 0.15) is 0 Å². The molecule has 0 spiro atoms. The lowest BCUT2D eigenvalue weighted by Crippen LogP contribution is -1.91. The fraction of sp³-hybridized carbons (Fsp3) is 0. The highest BCUT2D eigenvalue weighted by atomic mass is 32.1. The van der Waals surface area contributed by atoms with Gasteiger partial charge in [0.2, 0.25) is 0 Å². The number of para-hydroxylation sites is 2. The molecule has 0 unspecified atom stereocenters. The number of fused-ring (bicyclic) bond motifs is 10. The first-order valence-electron chi connectivity index (χ1n) is 14.6. The smallest absolute Gasteiger partial charge is 0.135 e. The zero-order valence-electron chi connectivity index (χ0n) is 23.0. The standard InChI is InChI=1S/C40H23NOS/c1-2-8-27(9-3-1)41-17-16-25-19-31-26(21-36(25)41)20-30(24-14-15-38-34(18-24)28-10-4-6-12-37(28)42-38)32-22-35-29-11-5-7-13-39(29)43-40(35)23-33(31)32/h1-23H. The molecular weight excluding hydrogens is 543 g/mol. The van der Waals surface area contributed by atoms with Gasteiger partial charge in [-0.05, 0) is 105 Å². The summed E-state index contributed by atoms with van der Waals surface area (Å²) in [5.41, 5.74) is 6.66. The van der Waals surface area contributed by atoms with Crippen LogP contribution in [0, 0.1) is 0 Å². The highest BCUT2D eigenvalue weighted by Gasteiger charge is 2.16. The normalized spacial score (nSPS) is 12.2. The Kier molecular flexibility index (Phi) is 4.63. The molecule has 3 heteroatoms. The van der Waals surface area contributed by atoms with Crippen molar-refractivity contribution in [2.24, 2.45) is 0 Å². The number of rotatable bonds is 2. The third-order valence-electron chi connectivity index (χ3n) is 8.98. The molecule has 2 nitrogen and oxygen atoms in total. The third-order valence-corrected chi connectivity index (χ3v) is 10.1. The summed E-state index contributed by atoms with van der Waals surface area (Å²) in [7, 11) is 0. The van der Waals surface area contributed by atoms with Crippen LogP contribution in [-0.4, -0.2) is 4.57 Å². The van der Waals surface area contributed by atoms with E-state index in [4.69, 9.17) is 4.42 Å². The Morgan fingerprint density at radius 2 is 1.28 bits per heavy atom. The molecule has 3 heterocycles. The summed E-state index contributed by atoms with van der Waals surface area (Å²) < 4.78 is 11.1. The minimum absolute atomic E-state index is 0.920. The topological polar surface area (TPSA) is 18.1 Å². The van der Waals surface area contributed by atoms with Crippen LogP contribution in [0.2, 0.25) is 0 Å². The summed E-state index contributed by atoms with van der Waals surface area (Å²) in [6.45, 7) is 0. The number of hydrogen-bond acceptors (Lipinski definition) is 2. The molecule has 0 aliphatic heterocycles. The summed E-state index contributed by atoms with van der Waals surface area (Å²) in [6, 6.07) is 48.5. The van der Waals surface area contributed by atoms with Crippen molar-refractivity contribution in [3.05, 3.63) is 140 Å². The average Bonchev–Trinajstić information content (AvgIpc) is 3.75. The van der Waals surface area contributed by atoms with Crippen molar-refractivity contribution in [1.29, 1.82) is 0 Å². The van der Waals surface area contributed by atoms with Crippen molar-refractivity contribution in [3.8, 4) is 16.8 Å². The van der Waals surface area contributed by atoms with E-state index < -0.39 is 0 Å². The number of hydrogen-bond donors (Lipinski definition) is 0. The first-order valence-corrected chi connectivity index (χ1v) is 15.4. The molecule has 43 heavy (non-hydrogen) atoms. The van der Waals surface area contributed by atoms with Crippen LogP contribution in [0.15, 0.2) is 144 Å². The highest BCUT2D eigenvalue weighted by molar-refractivity contribution is 7.25. The third kappa shape index (κ3) is 3.34. The maximum Gasteiger partial charge on any atom is 0.135 e. The molecule has 7 aromatic carbocycles. The Bertz CT molecular complexity index is 2720. The number of nitrogens with zero attached hydrogens (tertiary/aromatic N) is 1. The largest absolute Gasteiger partial charge is 0.456 e. The minimum Gasteiger partial charge on any atom is -0.456 e. The fourth-order valence-electron chi connectivity index (χ4n) is 6.95. The Labute approximate surface area is 250 Å². The summed E-state index contributed by atoms with van der Waals surface area (Å²) in [6.07, 6.45) is 2.18. The van der Waals surface area contributed by atoms with Crippen molar-refractivity contribution in [3.63, 3.8) is 0 Å². The van der Waals surface area contributed by atoms with E-state index in [2.05, 4.69) is 132 Å². The van der Waals surface area contributed by atoms with Crippen LogP contribution in [0.5, 0.6) is 0 Å². The van der Waals surface area contributed by atoms with E-state index >= 15 is 0 Å². The summed E-state index contributed by atoms with van der Waals surface area (Å²) in [4.78, 5) is 0. The maximum absolute atomic E-state index is 6.19. The Morgan fingerprint density at radius 3 is 2.21 bits per heavy atom. The molecule has 0 bridgehead atoms. The van der Waals surface area contributed by atoms with Gasteiger partial charge in [0.25, 0.3) is 0 Å². The number of thiophene rings is 1. The van der Waals surface area contributed by atoms with Crippen molar-refractivity contribution >= 4 is 85.9 Å². The zero-order chi connectivity index (χ0) is 28.1. The first-order chi connectivity index (χ1) is 21.3. The van der Waals surface area contributed by atoms with Gasteiger partial charge >= 0.3 is 0 Å². The van der Waals surface area contributed by atoms with E-state index in [0.717, 1.165) is 21.9 Å². The van der Waals surface area contributed by atoms with Crippen LogP contribution in [0.4, 0.5) is 0 Å².